The minimum Gasteiger partial charge on any atom is -0.368 e. The van der Waals surface area contributed by atoms with E-state index < -0.39 is 0 Å². The third kappa shape index (κ3) is 3.58. The van der Waals surface area contributed by atoms with E-state index in [-0.39, 0.29) is 11.9 Å². The maximum absolute atomic E-state index is 11.1. The first-order valence-electron chi connectivity index (χ1n) is 6.38. The molecule has 6 nitrogen and oxygen atoms in total. The molecule has 98 valence electrons. The van der Waals surface area contributed by atoms with Crippen molar-refractivity contribution in [2.24, 2.45) is 0 Å². The Morgan fingerprint density at radius 2 is 2.39 bits per heavy atom. The van der Waals surface area contributed by atoms with Crippen molar-refractivity contribution >= 4 is 17.7 Å². The third-order valence-corrected chi connectivity index (χ3v) is 2.80. The van der Waals surface area contributed by atoms with Crippen LogP contribution in [0.2, 0.25) is 0 Å². The molecular formula is C12H19N5O. The summed E-state index contributed by atoms with van der Waals surface area (Å²) in [5, 5.41) is 9.27. The molecular weight excluding hydrogens is 230 g/mol. The average Bonchev–Trinajstić information content (AvgIpc) is 2.80. The van der Waals surface area contributed by atoms with Crippen molar-refractivity contribution in [3.63, 3.8) is 0 Å². The molecule has 1 atom stereocenters. The number of nitrogens with zero attached hydrogens (tertiary/aromatic N) is 2. The Bertz CT molecular complexity index is 409. The summed E-state index contributed by atoms with van der Waals surface area (Å²) in [6, 6.07) is 2.04. The highest BCUT2D eigenvalue weighted by Crippen LogP contribution is 2.09. The van der Waals surface area contributed by atoms with Crippen LogP contribution in [0.5, 0.6) is 0 Å². The summed E-state index contributed by atoms with van der Waals surface area (Å²) in [4.78, 5) is 19.5. The van der Waals surface area contributed by atoms with Crippen molar-refractivity contribution in [3.8, 4) is 0 Å². The van der Waals surface area contributed by atoms with Gasteiger partial charge in [0.25, 0.3) is 0 Å². The molecule has 0 aromatic carbocycles. The fourth-order valence-electron chi connectivity index (χ4n) is 1.84. The maximum Gasteiger partial charge on any atom is 0.224 e. The Morgan fingerprint density at radius 1 is 1.50 bits per heavy atom. The zero-order valence-electron chi connectivity index (χ0n) is 10.6. The quantitative estimate of drug-likeness (QED) is 0.700. The summed E-state index contributed by atoms with van der Waals surface area (Å²) < 4.78 is 0. The predicted octanol–water partition coefficient (Wildman–Crippen LogP) is 0.989. The van der Waals surface area contributed by atoms with Gasteiger partial charge in [-0.1, -0.05) is 6.92 Å². The molecule has 3 N–H and O–H groups in total. The second-order valence-corrected chi connectivity index (χ2v) is 4.38. The molecule has 1 saturated heterocycles. The van der Waals surface area contributed by atoms with E-state index in [0.717, 1.165) is 25.2 Å². The van der Waals surface area contributed by atoms with Crippen molar-refractivity contribution in [1.82, 2.24) is 15.3 Å². The second-order valence-electron chi connectivity index (χ2n) is 4.38. The fourth-order valence-corrected chi connectivity index (χ4v) is 1.84. The number of carbonyl (C=O) groups is 1. The van der Waals surface area contributed by atoms with Gasteiger partial charge in [-0.05, 0) is 18.9 Å². The number of nitrogens with one attached hydrogen (secondary N) is 3. The minimum atomic E-state index is 0.134. The normalized spacial score (nSPS) is 18.5. The first-order valence-corrected chi connectivity index (χ1v) is 6.38. The number of hydrogen-bond donors (Lipinski definition) is 3. The van der Waals surface area contributed by atoms with Crippen LogP contribution >= 0.6 is 0 Å². The minimum absolute atomic E-state index is 0.134. The SMILES string of the molecule is CCCNc1nccc(NCC2CCC(=O)N2)n1. The first kappa shape index (κ1) is 12.6. The van der Waals surface area contributed by atoms with Crippen LogP contribution in [0, 0.1) is 0 Å². The molecule has 2 heterocycles. The maximum atomic E-state index is 11.1. The van der Waals surface area contributed by atoms with Crippen molar-refractivity contribution in [1.29, 1.82) is 0 Å². The van der Waals surface area contributed by atoms with Gasteiger partial charge in [0, 0.05) is 31.7 Å². The van der Waals surface area contributed by atoms with Gasteiger partial charge < -0.3 is 16.0 Å². The van der Waals surface area contributed by atoms with E-state index in [0.29, 0.717) is 18.9 Å². The van der Waals surface area contributed by atoms with Crippen LogP contribution in [0.4, 0.5) is 11.8 Å². The number of hydrogen-bond acceptors (Lipinski definition) is 5. The zero-order chi connectivity index (χ0) is 12.8. The lowest BCUT2D eigenvalue weighted by molar-refractivity contribution is -0.119. The van der Waals surface area contributed by atoms with Gasteiger partial charge in [0.1, 0.15) is 5.82 Å². The molecule has 0 aliphatic carbocycles. The van der Waals surface area contributed by atoms with Gasteiger partial charge in [-0.15, -0.1) is 0 Å². The van der Waals surface area contributed by atoms with Gasteiger partial charge >= 0.3 is 0 Å². The van der Waals surface area contributed by atoms with E-state index in [1.54, 1.807) is 6.20 Å². The molecule has 0 radical (unpaired) electrons. The van der Waals surface area contributed by atoms with Gasteiger partial charge in [-0.25, -0.2) is 4.98 Å². The number of rotatable bonds is 6. The highest BCUT2D eigenvalue weighted by molar-refractivity contribution is 5.78. The molecule has 1 fully saturated rings. The second kappa shape index (κ2) is 6.18. The van der Waals surface area contributed by atoms with Gasteiger partial charge in [0.15, 0.2) is 0 Å². The average molecular weight is 249 g/mol. The van der Waals surface area contributed by atoms with Crippen LogP contribution in [0.1, 0.15) is 26.2 Å². The van der Waals surface area contributed by atoms with Crippen LogP contribution in [-0.4, -0.2) is 35.0 Å². The molecule has 18 heavy (non-hydrogen) atoms. The van der Waals surface area contributed by atoms with E-state index in [2.05, 4.69) is 32.8 Å². The van der Waals surface area contributed by atoms with Crippen molar-refractivity contribution in [2.75, 3.05) is 23.7 Å². The highest BCUT2D eigenvalue weighted by Gasteiger charge is 2.20. The van der Waals surface area contributed by atoms with Gasteiger partial charge in [-0.3, -0.25) is 4.79 Å². The molecule has 1 amide bonds. The molecule has 6 heteroatoms. The predicted molar refractivity (Wildman–Crippen MR) is 70.5 cm³/mol. The van der Waals surface area contributed by atoms with Crippen LogP contribution < -0.4 is 16.0 Å². The molecule has 1 unspecified atom stereocenters. The summed E-state index contributed by atoms with van der Waals surface area (Å²) in [6.07, 6.45) is 4.27. The Labute approximate surface area is 107 Å². The largest absolute Gasteiger partial charge is 0.368 e. The third-order valence-electron chi connectivity index (χ3n) is 2.80. The molecule has 1 aromatic rings. The van der Waals surface area contributed by atoms with Gasteiger partial charge in [0.2, 0.25) is 11.9 Å². The van der Waals surface area contributed by atoms with Crippen LogP contribution in [0.25, 0.3) is 0 Å². The highest BCUT2D eigenvalue weighted by atomic mass is 16.1. The van der Waals surface area contributed by atoms with Gasteiger partial charge in [-0.2, -0.15) is 4.98 Å². The van der Waals surface area contributed by atoms with Crippen molar-refractivity contribution in [3.05, 3.63) is 12.3 Å². The molecule has 1 aromatic heterocycles. The summed E-state index contributed by atoms with van der Waals surface area (Å²) in [5.41, 5.74) is 0. The molecule has 2 rings (SSSR count). The Kier molecular flexibility index (Phi) is 4.33. The van der Waals surface area contributed by atoms with Crippen LogP contribution in [-0.2, 0) is 4.79 Å². The van der Waals surface area contributed by atoms with Crippen molar-refractivity contribution < 1.29 is 4.79 Å². The van der Waals surface area contributed by atoms with E-state index in [4.69, 9.17) is 0 Å². The molecule has 1 aliphatic heterocycles. The number of carbonyl (C=O) groups excluding carboxylic acids is 1. The standard InChI is InChI=1S/C12H19N5O/c1-2-6-13-12-14-7-5-10(17-12)15-8-9-3-4-11(18)16-9/h5,7,9H,2-4,6,8H2,1H3,(H,16,18)(H2,13,14,15,17). The zero-order valence-corrected chi connectivity index (χ0v) is 10.6. The number of anilines is 2. The Balaban J connectivity index is 1.83. The van der Waals surface area contributed by atoms with Crippen LogP contribution in [0.3, 0.4) is 0 Å². The summed E-state index contributed by atoms with van der Waals surface area (Å²) in [5.74, 6) is 1.55. The fraction of sp³-hybridized carbons (Fsp3) is 0.583. The number of aromatic nitrogens is 2. The summed E-state index contributed by atoms with van der Waals surface area (Å²) in [6.45, 7) is 3.66. The molecule has 0 bridgehead atoms. The van der Waals surface area contributed by atoms with Gasteiger partial charge in [0.05, 0.1) is 0 Å². The van der Waals surface area contributed by atoms with E-state index in [9.17, 15) is 4.79 Å². The van der Waals surface area contributed by atoms with Crippen molar-refractivity contribution in [2.45, 2.75) is 32.2 Å². The van der Waals surface area contributed by atoms with Crippen LogP contribution in [0.15, 0.2) is 12.3 Å². The van der Waals surface area contributed by atoms with E-state index >= 15 is 0 Å². The molecule has 1 aliphatic rings. The summed E-state index contributed by atoms with van der Waals surface area (Å²) in [7, 11) is 0. The first-order chi connectivity index (χ1) is 8.78. The van der Waals surface area contributed by atoms with E-state index in [1.807, 2.05) is 6.07 Å². The lowest BCUT2D eigenvalue weighted by Crippen LogP contribution is -2.32. The molecule has 0 spiro atoms. The topological polar surface area (TPSA) is 78.9 Å². The van der Waals surface area contributed by atoms with E-state index in [1.165, 1.54) is 0 Å². The monoisotopic (exact) mass is 249 g/mol. The lowest BCUT2D eigenvalue weighted by Gasteiger charge is -2.12. The smallest absolute Gasteiger partial charge is 0.224 e. The molecule has 0 saturated carbocycles. The lowest BCUT2D eigenvalue weighted by atomic mass is 10.2. The Morgan fingerprint density at radius 3 is 3.11 bits per heavy atom. The Hall–Kier alpha value is -1.85. The number of amides is 1. The summed E-state index contributed by atoms with van der Waals surface area (Å²) >= 11 is 0.